The maximum absolute atomic E-state index is 9.23. The fourth-order valence-electron chi connectivity index (χ4n) is 2.89. The molecule has 1 atom stereocenters. The van der Waals surface area contributed by atoms with Gasteiger partial charge in [-0.15, -0.1) is 0 Å². The van der Waals surface area contributed by atoms with Gasteiger partial charge in [0.25, 0.3) is 0 Å². The van der Waals surface area contributed by atoms with E-state index in [1.54, 1.807) is 0 Å². The Kier molecular flexibility index (Phi) is 6.07. The number of aliphatic hydroxyl groups is 1. The third kappa shape index (κ3) is 5.03. The van der Waals surface area contributed by atoms with Crippen molar-refractivity contribution in [2.75, 3.05) is 46.0 Å². The molecule has 0 amide bonds. The topological polar surface area (TPSA) is 44.7 Å². The highest BCUT2D eigenvalue weighted by molar-refractivity contribution is 4.92. The van der Waals surface area contributed by atoms with Gasteiger partial charge in [-0.25, -0.2) is 0 Å². The smallest absolute Gasteiger partial charge is 0.0558 e. The minimum absolute atomic E-state index is 0.261. The van der Waals surface area contributed by atoms with Gasteiger partial charge in [-0.1, -0.05) is 13.3 Å². The molecule has 112 valence electrons. The summed E-state index contributed by atoms with van der Waals surface area (Å²) in [6.07, 6.45) is 6.26. The average molecular weight is 270 g/mol. The van der Waals surface area contributed by atoms with Gasteiger partial charge in [0.2, 0.25) is 0 Å². The lowest BCUT2D eigenvalue weighted by atomic mass is 9.86. The van der Waals surface area contributed by atoms with E-state index in [1.807, 2.05) is 0 Å². The highest BCUT2D eigenvalue weighted by Gasteiger charge is 2.37. The van der Waals surface area contributed by atoms with E-state index in [9.17, 15) is 5.11 Å². The fourth-order valence-corrected chi connectivity index (χ4v) is 2.89. The van der Waals surface area contributed by atoms with Crippen LogP contribution in [0.3, 0.4) is 0 Å². The molecule has 2 aliphatic rings. The van der Waals surface area contributed by atoms with Crippen LogP contribution in [0.5, 0.6) is 0 Å². The summed E-state index contributed by atoms with van der Waals surface area (Å²) in [5, 5.41) is 12.9. The summed E-state index contributed by atoms with van der Waals surface area (Å²) in [4.78, 5) is 2.42. The first-order valence-corrected chi connectivity index (χ1v) is 7.92. The molecular weight excluding hydrogens is 240 g/mol. The van der Waals surface area contributed by atoms with Crippen molar-refractivity contribution in [3.8, 4) is 0 Å². The predicted octanol–water partition coefficient (Wildman–Crippen LogP) is 1.24. The van der Waals surface area contributed by atoms with Crippen molar-refractivity contribution in [2.45, 2.75) is 45.1 Å². The molecule has 0 aromatic rings. The van der Waals surface area contributed by atoms with Crippen molar-refractivity contribution in [1.29, 1.82) is 0 Å². The summed E-state index contributed by atoms with van der Waals surface area (Å²) in [6, 6.07) is 0.763. The zero-order valence-corrected chi connectivity index (χ0v) is 12.4. The van der Waals surface area contributed by atoms with Gasteiger partial charge in [-0.2, -0.15) is 0 Å². The summed E-state index contributed by atoms with van der Waals surface area (Å²) in [6.45, 7) is 8.29. The predicted molar refractivity (Wildman–Crippen MR) is 77.3 cm³/mol. The summed E-state index contributed by atoms with van der Waals surface area (Å²) in [5.41, 5.74) is 0.269. The van der Waals surface area contributed by atoms with Gasteiger partial charge in [0.15, 0.2) is 0 Å². The summed E-state index contributed by atoms with van der Waals surface area (Å²) in [7, 11) is 0. The average Bonchev–Trinajstić information content (AvgIpc) is 3.14. The second kappa shape index (κ2) is 7.58. The minimum atomic E-state index is 0.261. The van der Waals surface area contributed by atoms with Crippen molar-refractivity contribution < 1.29 is 9.84 Å². The van der Waals surface area contributed by atoms with Crippen LogP contribution in [-0.4, -0.2) is 62.0 Å². The molecule has 1 heterocycles. The first-order chi connectivity index (χ1) is 9.28. The van der Waals surface area contributed by atoms with Gasteiger partial charge in [-0.05, 0) is 32.2 Å². The first kappa shape index (κ1) is 15.2. The van der Waals surface area contributed by atoms with Crippen molar-refractivity contribution in [3.63, 3.8) is 0 Å². The molecule has 1 saturated heterocycles. The molecule has 0 aromatic heterocycles. The van der Waals surface area contributed by atoms with Crippen LogP contribution in [0.15, 0.2) is 0 Å². The third-order valence-electron chi connectivity index (χ3n) is 4.33. The molecule has 0 bridgehead atoms. The number of hydrogen-bond donors (Lipinski definition) is 2. The summed E-state index contributed by atoms with van der Waals surface area (Å²) in [5.74, 6) is 0. The number of nitrogens with zero attached hydrogens (tertiary/aromatic N) is 1. The number of hydrogen-bond acceptors (Lipinski definition) is 4. The minimum Gasteiger partial charge on any atom is -0.395 e. The van der Waals surface area contributed by atoms with Gasteiger partial charge < -0.3 is 20.1 Å². The Labute approximate surface area is 117 Å². The SMILES string of the molecule is CCCCN(CCO)CC1(CNC2CC2)CCOC1. The van der Waals surface area contributed by atoms with Crippen LogP contribution in [0.25, 0.3) is 0 Å². The highest BCUT2D eigenvalue weighted by Crippen LogP contribution is 2.31. The second-order valence-corrected chi connectivity index (χ2v) is 6.31. The Bertz CT molecular complexity index is 251. The number of aliphatic hydroxyl groups excluding tert-OH is 1. The van der Waals surface area contributed by atoms with Crippen LogP contribution >= 0.6 is 0 Å². The largest absolute Gasteiger partial charge is 0.395 e. The lowest BCUT2D eigenvalue weighted by Crippen LogP contribution is -2.46. The number of ether oxygens (including phenoxy) is 1. The Balaban J connectivity index is 1.84. The Morgan fingerprint density at radius 1 is 1.37 bits per heavy atom. The van der Waals surface area contributed by atoms with E-state index in [0.29, 0.717) is 0 Å². The molecule has 0 aromatic carbocycles. The number of nitrogens with one attached hydrogen (secondary N) is 1. The number of rotatable bonds is 10. The standard InChI is InChI=1S/C15H30N2O2/c1-2-3-7-17(8-9-18)12-15(6-10-19-13-15)11-16-14-4-5-14/h14,16,18H,2-13H2,1H3. The molecule has 4 nitrogen and oxygen atoms in total. The second-order valence-electron chi connectivity index (χ2n) is 6.31. The molecule has 1 aliphatic heterocycles. The van der Waals surface area contributed by atoms with Crippen molar-refractivity contribution in [2.24, 2.45) is 5.41 Å². The lowest BCUT2D eigenvalue weighted by molar-refractivity contribution is 0.0956. The molecule has 2 N–H and O–H groups in total. The van der Waals surface area contributed by atoms with E-state index in [0.717, 1.165) is 51.9 Å². The van der Waals surface area contributed by atoms with Gasteiger partial charge in [-0.3, -0.25) is 0 Å². The van der Waals surface area contributed by atoms with Crippen LogP contribution in [0.1, 0.15) is 39.0 Å². The number of unbranched alkanes of at least 4 members (excludes halogenated alkanes) is 1. The third-order valence-corrected chi connectivity index (χ3v) is 4.33. The van der Waals surface area contributed by atoms with Crippen molar-refractivity contribution in [3.05, 3.63) is 0 Å². The fraction of sp³-hybridized carbons (Fsp3) is 1.00. The lowest BCUT2D eigenvalue weighted by Gasteiger charge is -2.34. The zero-order chi connectivity index (χ0) is 13.6. The van der Waals surface area contributed by atoms with E-state index < -0.39 is 0 Å². The molecule has 19 heavy (non-hydrogen) atoms. The van der Waals surface area contributed by atoms with E-state index in [-0.39, 0.29) is 12.0 Å². The van der Waals surface area contributed by atoms with Crippen molar-refractivity contribution >= 4 is 0 Å². The van der Waals surface area contributed by atoms with Crippen LogP contribution in [0.2, 0.25) is 0 Å². The molecule has 0 radical (unpaired) electrons. The van der Waals surface area contributed by atoms with Gasteiger partial charge >= 0.3 is 0 Å². The van der Waals surface area contributed by atoms with Crippen LogP contribution in [0.4, 0.5) is 0 Å². The van der Waals surface area contributed by atoms with Crippen LogP contribution < -0.4 is 5.32 Å². The molecule has 2 fully saturated rings. The highest BCUT2D eigenvalue weighted by atomic mass is 16.5. The van der Waals surface area contributed by atoms with Gasteiger partial charge in [0.05, 0.1) is 13.2 Å². The van der Waals surface area contributed by atoms with E-state index in [1.165, 1.54) is 25.7 Å². The maximum Gasteiger partial charge on any atom is 0.0558 e. The first-order valence-electron chi connectivity index (χ1n) is 7.92. The van der Waals surface area contributed by atoms with E-state index >= 15 is 0 Å². The Morgan fingerprint density at radius 3 is 2.79 bits per heavy atom. The molecule has 1 saturated carbocycles. The quantitative estimate of drug-likeness (QED) is 0.627. The zero-order valence-electron chi connectivity index (χ0n) is 12.4. The van der Waals surface area contributed by atoms with Crippen molar-refractivity contribution in [1.82, 2.24) is 10.2 Å². The summed E-state index contributed by atoms with van der Waals surface area (Å²) < 4.78 is 5.67. The Hall–Kier alpha value is -0.160. The van der Waals surface area contributed by atoms with Gasteiger partial charge in [0, 0.05) is 37.7 Å². The molecule has 4 heteroatoms. The van der Waals surface area contributed by atoms with Crippen LogP contribution in [-0.2, 0) is 4.74 Å². The van der Waals surface area contributed by atoms with E-state index in [2.05, 4.69) is 17.1 Å². The summed E-state index contributed by atoms with van der Waals surface area (Å²) >= 11 is 0. The molecular formula is C15H30N2O2. The molecule has 2 rings (SSSR count). The monoisotopic (exact) mass is 270 g/mol. The molecule has 1 aliphatic carbocycles. The van der Waals surface area contributed by atoms with Crippen LogP contribution in [0, 0.1) is 5.41 Å². The van der Waals surface area contributed by atoms with E-state index in [4.69, 9.17) is 4.74 Å². The van der Waals surface area contributed by atoms with Gasteiger partial charge in [0.1, 0.15) is 0 Å². The maximum atomic E-state index is 9.23. The molecule has 1 unspecified atom stereocenters. The molecule has 0 spiro atoms. The Morgan fingerprint density at radius 2 is 2.21 bits per heavy atom. The normalized spacial score (nSPS) is 27.3.